The Balaban J connectivity index is 2.83. The summed E-state index contributed by atoms with van der Waals surface area (Å²) in [6.45, 7) is 0. The molecule has 0 amide bonds. The average Bonchev–Trinajstić information content (AvgIpc) is 2.52. The van der Waals surface area contributed by atoms with Crippen LogP contribution in [0, 0.1) is 0 Å². The van der Waals surface area contributed by atoms with Gasteiger partial charge in [0.05, 0.1) is 12.5 Å². The highest BCUT2D eigenvalue weighted by atomic mass is 32.1. The van der Waals surface area contributed by atoms with Gasteiger partial charge in [-0.25, -0.2) is 4.99 Å². The van der Waals surface area contributed by atoms with Crippen molar-refractivity contribution in [3.63, 3.8) is 0 Å². The van der Waals surface area contributed by atoms with E-state index in [1.807, 2.05) is 16.8 Å². The monoisotopic (exact) mass is 213 g/mol. The zero-order chi connectivity index (χ0) is 10.6. The summed E-state index contributed by atoms with van der Waals surface area (Å²) in [7, 11) is 0. The molecule has 0 aliphatic heterocycles. The Bertz CT molecular complexity index is 330. The molecule has 0 saturated heterocycles. The van der Waals surface area contributed by atoms with Gasteiger partial charge in [-0.05, 0) is 22.4 Å². The van der Waals surface area contributed by atoms with Gasteiger partial charge in [0.1, 0.15) is 0 Å². The normalized spacial score (nSPS) is 12.0. The Morgan fingerprint density at radius 3 is 2.79 bits per heavy atom. The molecule has 0 aliphatic carbocycles. The van der Waals surface area contributed by atoms with Gasteiger partial charge in [-0.1, -0.05) is 0 Å². The van der Waals surface area contributed by atoms with Crippen LogP contribution >= 0.6 is 11.3 Å². The van der Waals surface area contributed by atoms with Gasteiger partial charge in [0.2, 0.25) is 0 Å². The van der Waals surface area contributed by atoms with E-state index in [2.05, 4.69) is 4.99 Å². The number of thiophene rings is 1. The van der Waals surface area contributed by atoms with Crippen molar-refractivity contribution in [3.8, 4) is 0 Å². The second-order valence-corrected chi connectivity index (χ2v) is 3.50. The van der Waals surface area contributed by atoms with Crippen LogP contribution in [0.15, 0.2) is 21.8 Å². The van der Waals surface area contributed by atoms with Crippen molar-refractivity contribution in [3.05, 3.63) is 22.4 Å². The number of aliphatic imine (C=N–C) groups is 1. The molecule has 1 aromatic rings. The summed E-state index contributed by atoms with van der Waals surface area (Å²) in [5.41, 5.74) is 11.3. The Hall–Kier alpha value is -1.56. The third-order valence-electron chi connectivity index (χ3n) is 1.60. The number of rotatable bonds is 4. The van der Waals surface area contributed by atoms with Gasteiger partial charge in [0.25, 0.3) is 0 Å². The minimum Gasteiger partial charge on any atom is -0.481 e. The van der Waals surface area contributed by atoms with Gasteiger partial charge < -0.3 is 16.6 Å². The van der Waals surface area contributed by atoms with E-state index in [9.17, 15) is 4.79 Å². The molecule has 0 spiro atoms. The molecule has 76 valence electrons. The molecule has 0 aliphatic rings. The van der Waals surface area contributed by atoms with Crippen molar-refractivity contribution in [2.45, 2.75) is 12.5 Å². The highest BCUT2D eigenvalue weighted by Gasteiger charge is 2.14. The third-order valence-corrected chi connectivity index (χ3v) is 2.30. The first-order valence-corrected chi connectivity index (χ1v) is 4.86. The number of guanidine groups is 1. The molecule has 0 radical (unpaired) electrons. The largest absolute Gasteiger partial charge is 0.481 e. The predicted octanol–water partition coefficient (Wildman–Crippen LogP) is 0.537. The van der Waals surface area contributed by atoms with E-state index >= 15 is 0 Å². The molecular weight excluding hydrogens is 202 g/mol. The molecule has 1 heterocycles. The molecule has 0 aromatic carbocycles. The number of nitrogens with zero attached hydrogens (tertiary/aromatic N) is 1. The van der Waals surface area contributed by atoms with Crippen molar-refractivity contribution in [1.82, 2.24) is 0 Å². The maximum atomic E-state index is 10.5. The maximum absolute atomic E-state index is 10.5. The zero-order valence-corrected chi connectivity index (χ0v) is 8.20. The van der Waals surface area contributed by atoms with Crippen molar-refractivity contribution in [1.29, 1.82) is 0 Å². The highest BCUT2D eigenvalue weighted by Crippen LogP contribution is 2.23. The van der Waals surface area contributed by atoms with Crippen LogP contribution in [0.3, 0.4) is 0 Å². The Labute approximate surface area is 85.1 Å². The van der Waals surface area contributed by atoms with E-state index in [1.54, 1.807) is 0 Å². The summed E-state index contributed by atoms with van der Waals surface area (Å²) in [4.78, 5) is 14.4. The van der Waals surface area contributed by atoms with E-state index in [1.165, 1.54) is 11.3 Å². The highest BCUT2D eigenvalue weighted by molar-refractivity contribution is 7.07. The molecule has 0 bridgehead atoms. The van der Waals surface area contributed by atoms with Crippen LogP contribution in [0.2, 0.25) is 0 Å². The van der Waals surface area contributed by atoms with Crippen LogP contribution in [-0.2, 0) is 4.79 Å². The summed E-state index contributed by atoms with van der Waals surface area (Å²) in [6, 6.07) is 1.33. The number of carbonyl (C=O) groups is 1. The van der Waals surface area contributed by atoms with Crippen molar-refractivity contribution >= 4 is 23.3 Å². The number of carboxylic acid groups (broad SMARTS) is 1. The molecule has 1 unspecified atom stereocenters. The van der Waals surface area contributed by atoms with Crippen LogP contribution < -0.4 is 11.5 Å². The minimum absolute atomic E-state index is 0.0950. The lowest BCUT2D eigenvalue weighted by Gasteiger charge is -2.07. The molecule has 0 fully saturated rings. The summed E-state index contributed by atoms with van der Waals surface area (Å²) < 4.78 is 0. The van der Waals surface area contributed by atoms with Crippen LogP contribution in [0.5, 0.6) is 0 Å². The molecule has 5 nitrogen and oxygen atoms in total. The van der Waals surface area contributed by atoms with Gasteiger partial charge in [-0.15, -0.1) is 0 Å². The zero-order valence-electron chi connectivity index (χ0n) is 7.38. The minimum atomic E-state index is -0.925. The fourth-order valence-electron chi connectivity index (χ4n) is 1.05. The first-order valence-electron chi connectivity index (χ1n) is 3.92. The van der Waals surface area contributed by atoms with E-state index in [4.69, 9.17) is 16.6 Å². The first-order chi connectivity index (χ1) is 6.59. The Morgan fingerprint density at radius 1 is 1.64 bits per heavy atom. The van der Waals surface area contributed by atoms with E-state index in [0.29, 0.717) is 0 Å². The standard InChI is InChI=1S/C8H11N3O2S/c9-8(10)11-6(3-7(12)13)5-1-2-14-4-5/h1-2,4,6H,3H2,(H,12,13)(H4,9,10,11). The van der Waals surface area contributed by atoms with Gasteiger partial charge in [-0.2, -0.15) is 11.3 Å². The van der Waals surface area contributed by atoms with Crippen molar-refractivity contribution < 1.29 is 9.90 Å². The first kappa shape index (κ1) is 10.5. The van der Waals surface area contributed by atoms with Crippen molar-refractivity contribution in [2.24, 2.45) is 16.5 Å². The van der Waals surface area contributed by atoms with E-state index in [-0.39, 0.29) is 12.4 Å². The lowest BCUT2D eigenvalue weighted by atomic mass is 10.1. The quantitative estimate of drug-likeness (QED) is 0.501. The van der Waals surface area contributed by atoms with Crippen LogP contribution in [-0.4, -0.2) is 17.0 Å². The molecule has 14 heavy (non-hydrogen) atoms. The number of hydrogen-bond donors (Lipinski definition) is 3. The lowest BCUT2D eigenvalue weighted by molar-refractivity contribution is -0.137. The van der Waals surface area contributed by atoms with Gasteiger partial charge in [-0.3, -0.25) is 4.79 Å². The Morgan fingerprint density at radius 2 is 2.36 bits per heavy atom. The number of nitrogens with two attached hydrogens (primary N) is 2. The predicted molar refractivity (Wildman–Crippen MR) is 55.1 cm³/mol. The van der Waals surface area contributed by atoms with E-state index < -0.39 is 12.0 Å². The number of carboxylic acids is 1. The fourth-order valence-corrected chi connectivity index (χ4v) is 1.76. The molecule has 5 N–H and O–H groups in total. The second kappa shape index (κ2) is 4.61. The summed E-state index contributed by atoms with van der Waals surface area (Å²) in [5, 5.41) is 12.3. The molecule has 0 saturated carbocycles. The van der Waals surface area contributed by atoms with Crippen LogP contribution in [0.1, 0.15) is 18.0 Å². The Kier molecular flexibility index (Phi) is 3.47. The molecular formula is C8H11N3O2S. The average molecular weight is 213 g/mol. The van der Waals surface area contributed by atoms with Gasteiger partial charge in [0, 0.05) is 0 Å². The van der Waals surface area contributed by atoms with Gasteiger partial charge >= 0.3 is 5.97 Å². The maximum Gasteiger partial charge on any atom is 0.305 e. The fraction of sp³-hybridized carbons (Fsp3) is 0.250. The SMILES string of the molecule is NC(N)=NC(CC(=O)O)c1ccsc1. The van der Waals surface area contributed by atoms with Crippen LogP contribution in [0.4, 0.5) is 0 Å². The summed E-state index contributed by atoms with van der Waals surface area (Å²) >= 11 is 1.48. The number of hydrogen-bond acceptors (Lipinski definition) is 3. The molecule has 1 atom stereocenters. The molecule has 1 rings (SSSR count). The van der Waals surface area contributed by atoms with Gasteiger partial charge in [0.15, 0.2) is 5.96 Å². The van der Waals surface area contributed by atoms with E-state index in [0.717, 1.165) is 5.56 Å². The topological polar surface area (TPSA) is 102 Å². The summed E-state index contributed by atoms with van der Waals surface area (Å²) in [6.07, 6.45) is -0.103. The smallest absolute Gasteiger partial charge is 0.305 e. The third kappa shape index (κ3) is 3.06. The summed E-state index contributed by atoms with van der Waals surface area (Å²) in [5.74, 6) is -1.02. The molecule has 1 aromatic heterocycles. The number of aliphatic carboxylic acids is 1. The van der Waals surface area contributed by atoms with Crippen molar-refractivity contribution in [2.75, 3.05) is 0 Å². The second-order valence-electron chi connectivity index (χ2n) is 2.72. The molecule has 6 heteroatoms. The van der Waals surface area contributed by atoms with Crippen LogP contribution in [0.25, 0.3) is 0 Å². The lowest BCUT2D eigenvalue weighted by Crippen LogP contribution is -2.24.